The Kier molecular flexibility index (Phi) is 5.99. The maximum absolute atomic E-state index is 13.2. The van der Waals surface area contributed by atoms with Gasteiger partial charge in [0.25, 0.3) is 0 Å². The largest absolute Gasteiger partial charge is 0.326 e. The molecule has 2 amide bonds. The lowest BCUT2D eigenvalue weighted by Crippen LogP contribution is -2.56. The van der Waals surface area contributed by atoms with E-state index in [-0.39, 0.29) is 29.7 Å². The highest BCUT2D eigenvalue weighted by Gasteiger charge is 2.50. The van der Waals surface area contributed by atoms with Crippen LogP contribution in [0.1, 0.15) is 13.3 Å². The van der Waals surface area contributed by atoms with E-state index in [4.69, 9.17) is 0 Å². The number of anilines is 2. The Bertz CT molecular complexity index is 891. The number of nitrogens with zero attached hydrogens (tertiary/aromatic N) is 2. The van der Waals surface area contributed by atoms with Gasteiger partial charge in [-0.1, -0.05) is 47.1 Å². The molecule has 4 rings (SSSR count). The van der Waals surface area contributed by atoms with Crippen molar-refractivity contribution in [1.82, 2.24) is 10.3 Å². The SMILES string of the molecule is CCCN1CC(C(=O)Nc2cccc(Br)c2)C2NN(c3ccccc3)C(=O)C2C1. The summed E-state index contributed by atoms with van der Waals surface area (Å²) >= 11 is 3.44. The van der Waals surface area contributed by atoms with Crippen LogP contribution in [0.2, 0.25) is 0 Å². The van der Waals surface area contributed by atoms with Crippen molar-refractivity contribution in [2.75, 3.05) is 30.0 Å². The lowest BCUT2D eigenvalue weighted by atomic mass is 9.84. The molecule has 0 radical (unpaired) electrons. The number of hydrogen-bond donors (Lipinski definition) is 2. The van der Waals surface area contributed by atoms with Crippen molar-refractivity contribution < 1.29 is 9.59 Å². The number of carbonyl (C=O) groups excluding carboxylic acids is 2. The number of piperidine rings is 1. The fourth-order valence-electron chi connectivity index (χ4n) is 4.25. The number of amides is 2. The fraction of sp³-hybridized carbons (Fsp3) is 0.364. The maximum Gasteiger partial charge on any atom is 0.247 e. The van der Waals surface area contributed by atoms with Crippen molar-refractivity contribution in [3.63, 3.8) is 0 Å². The zero-order valence-electron chi connectivity index (χ0n) is 16.3. The molecule has 2 fully saturated rings. The molecular formula is C22H25BrN4O2. The summed E-state index contributed by atoms with van der Waals surface area (Å²) in [6.07, 6.45) is 0.987. The molecule has 6 nitrogen and oxygen atoms in total. The second kappa shape index (κ2) is 8.65. The molecule has 3 atom stereocenters. The van der Waals surface area contributed by atoms with Crippen LogP contribution in [0.15, 0.2) is 59.1 Å². The summed E-state index contributed by atoms with van der Waals surface area (Å²) in [5.41, 5.74) is 4.89. The summed E-state index contributed by atoms with van der Waals surface area (Å²) < 4.78 is 0.911. The van der Waals surface area contributed by atoms with Gasteiger partial charge in [0.1, 0.15) is 0 Å². The van der Waals surface area contributed by atoms with E-state index in [0.717, 1.165) is 28.8 Å². The first-order valence-electron chi connectivity index (χ1n) is 10.0. The average molecular weight is 457 g/mol. The van der Waals surface area contributed by atoms with E-state index < -0.39 is 0 Å². The molecule has 29 heavy (non-hydrogen) atoms. The van der Waals surface area contributed by atoms with Crippen molar-refractivity contribution in [1.29, 1.82) is 0 Å². The second-order valence-corrected chi connectivity index (χ2v) is 8.55. The molecule has 2 N–H and O–H groups in total. The summed E-state index contributed by atoms with van der Waals surface area (Å²) in [6, 6.07) is 16.9. The van der Waals surface area contributed by atoms with Gasteiger partial charge < -0.3 is 10.2 Å². The number of carbonyl (C=O) groups is 2. The zero-order chi connectivity index (χ0) is 20.4. The number of nitrogens with one attached hydrogen (secondary N) is 2. The monoisotopic (exact) mass is 456 g/mol. The lowest BCUT2D eigenvalue weighted by Gasteiger charge is -2.38. The van der Waals surface area contributed by atoms with Crippen molar-refractivity contribution >= 4 is 39.1 Å². The fourth-order valence-corrected chi connectivity index (χ4v) is 4.65. The van der Waals surface area contributed by atoms with E-state index in [1.165, 1.54) is 0 Å². The maximum atomic E-state index is 13.2. The van der Waals surface area contributed by atoms with E-state index in [9.17, 15) is 9.59 Å². The first-order valence-corrected chi connectivity index (χ1v) is 10.8. The van der Waals surface area contributed by atoms with Gasteiger partial charge >= 0.3 is 0 Å². The third-order valence-corrected chi connectivity index (χ3v) is 6.07. The molecule has 0 spiro atoms. The number of rotatable bonds is 5. The molecule has 2 aromatic rings. The predicted octanol–water partition coefficient (Wildman–Crippen LogP) is 3.27. The number of halogens is 1. The molecular weight excluding hydrogens is 432 g/mol. The minimum atomic E-state index is -0.322. The molecule has 2 saturated heterocycles. The van der Waals surface area contributed by atoms with Crippen LogP contribution in [0.3, 0.4) is 0 Å². The Morgan fingerprint density at radius 1 is 1.17 bits per heavy atom. The van der Waals surface area contributed by atoms with E-state index in [0.29, 0.717) is 13.1 Å². The third kappa shape index (κ3) is 4.22. The summed E-state index contributed by atoms with van der Waals surface area (Å²) in [5.74, 6) is -0.595. The van der Waals surface area contributed by atoms with Crippen LogP contribution in [0.4, 0.5) is 11.4 Å². The zero-order valence-corrected chi connectivity index (χ0v) is 17.9. The molecule has 152 valence electrons. The van der Waals surface area contributed by atoms with Gasteiger partial charge in [0.05, 0.1) is 23.6 Å². The summed E-state index contributed by atoms with van der Waals surface area (Å²) in [7, 11) is 0. The Morgan fingerprint density at radius 2 is 1.97 bits per heavy atom. The van der Waals surface area contributed by atoms with Gasteiger partial charge in [-0.15, -0.1) is 0 Å². The number of para-hydroxylation sites is 1. The summed E-state index contributed by atoms with van der Waals surface area (Å²) in [5, 5.41) is 4.65. The Hall–Kier alpha value is -2.22. The van der Waals surface area contributed by atoms with Crippen LogP contribution < -0.4 is 15.8 Å². The van der Waals surface area contributed by atoms with E-state index >= 15 is 0 Å². The van der Waals surface area contributed by atoms with Gasteiger partial charge in [0.2, 0.25) is 11.8 Å². The minimum absolute atomic E-state index is 0.0299. The molecule has 0 bridgehead atoms. The Labute approximate surface area is 179 Å². The highest BCUT2D eigenvalue weighted by Crippen LogP contribution is 2.32. The molecule has 2 aliphatic heterocycles. The quantitative estimate of drug-likeness (QED) is 0.724. The van der Waals surface area contributed by atoms with Crippen LogP contribution in [0.5, 0.6) is 0 Å². The van der Waals surface area contributed by atoms with Gasteiger partial charge in [0, 0.05) is 23.2 Å². The van der Waals surface area contributed by atoms with Crippen LogP contribution in [-0.2, 0) is 9.59 Å². The standard InChI is InChI=1S/C22H25BrN4O2/c1-2-11-26-13-18(21(28)24-16-8-6-7-15(23)12-16)20-19(14-26)22(29)27(25-20)17-9-4-3-5-10-17/h3-10,12,18-20,25H,2,11,13-14H2,1H3,(H,24,28). The van der Waals surface area contributed by atoms with Gasteiger partial charge in [-0.25, -0.2) is 10.4 Å². The molecule has 0 aromatic heterocycles. The summed E-state index contributed by atoms with van der Waals surface area (Å²) in [6.45, 7) is 4.31. The molecule has 0 saturated carbocycles. The highest BCUT2D eigenvalue weighted by molar-refractivity contribution is 9.10. The molecule has 0 aliphatic carbocycles. The topological polar surface area (TPSA) is 64.7 Å². The first-order chi connectivity index (χ1) is 14.1. The predicted molar refractivity (Wildman–Crippen MR) is 117 cm³/mol. The van der Waals surface area contributed by atoms with E-state index in [1.54, 1.807) is 5.01 Å². The minimum Gasteiger partial charge on any atom is -0.326 e. The first kappa shape index (κ1) is 20.1. The molecule has 3 unspecified atom stereocenters. The highest BCUT2D eigenvalue weighted by atomic mass is 79.9. The van der Waals surface area contributed by atoms with Crippen LogP contribution in [-0.4, -0.2) is 42.4 Å². The number of fused-ring (bicyclic) bond motifs is 1. The Balaban J connectivity index is 1.58. The van der Waals surface area contributed by atoms with Crippen molar-refractivity contribution in [3.05, 3.63) is 59.1 Å². The normalized spacial score (nSPS) is 24.4. The number of benzene rings is 2. The molecule has 2 aliphatic rings. The van der Waals surface area contributed by atoms with Crippen molar-refractivity contribution in [3.8, 4) is 0 Å². The molecule has 2 aromatic carbocycles. The average Bonchev–Trinajstić information content (AvgIpc) is 3.05. The van der Waals surface area contributed by atoms with Crippen molar-refractivity contribution in [2.24, 2.45) is 11.8 Å². The third-order valence-electron chi connectivity index (χ3n) is 5.58. The number of hydrazine groups is 1. The molecule has 2 heterocycles. The number of likely N-dealkylation sites (tertiary alicyclic amines) is 1. The van der Waals surface area contributed by atoms with Gasteiger partial charge in [0.15, 0.2) is 0 Å². The van der Waals surface area contributed by atoms with Crippen LogP contribution in [0, 0.1) is 11.8 Å². The van der Waals surface area contributed by atoms with Crippen LogP contribution in [0.25, 0.3) is 0 Å². The van der Waals surface area contributed by atoms with Gasteiger partial charge in [-0.05, 0) is 43.3 Å². The summed E-state index contributed by atoms with van der Waals surface area (Å²) in [4.78, 5) is 28.6. The van der Waals surface area contributed by atoms with Crippen LogP contribution >= 0.6 is 15.9 Å². The second-order valence-electron chi connectivity index (χ2n) is 7.64. The lowest BCUT2D eigenvalue weighted by molar-refractivity contribution is -0.126. The molecule has 7 heteroatoms. The van der Waals surface area contributed by atoms with Gasteiger partial charge in [-0.2, -0.15) is 0 Å². The van der Waals surface area contributed by atoms with E-state index in [2.05, 4.69) is 38.5 Å². The smallest absolute Gasteiger partial charge is 0.247 e. The van der Waals surface area contributed by atoms with Gasteiger partial charge in [-0.3, -0.25) is 9.59 Å². The van der Waals surface area contributed by atoms with E-state index in [1.807, 2.05) is 54.6 Å². The number of hydrogen-bond acceptors (Lipinski definition) is 4. The van der Waals surface area contributed by atoms with Crippen molar-refractivity contribution in [2.45, 2.75) is 19.4 Å². The Morgan fingerprint density at radius 3 is 2.69 bits per heavy atom.